The molecule has 0 fully saturated rings. The zero-order valence-corrected chi connectivity index (χ0v) is 56.1. The molecule has 0 aromatic carbocycles. The predicted molar refractivity (Wildman–Crippen MR) is 360 cm³/mol. The van der Waals surface area contributed by atoms with Crippen LogP contribution in [0.1, 0.15) is 316 Å². The van der Waals surface area contributed by atoms with Gasteiger partial charge in [-0.1, -0.05) is 286 Å². The van der Waals surface area contributed by atoms with Crippen LogP contribution in [0.2, 0.25) is 0 Å². The van der Waals surface area contributed by atoms with Crippen molar-refractivity contribution in [3.05, 3.63) is 85.1 Å². The van der Waals surface area contributed by atoms with Crippen LogP contribution in [0.15, 0.2) is 85.1 Å². The molecule has 3 atom stereocenters. The first-order valence-corrected chi connectivity index (χ1v) is 36.4. The lowest BCUT2D eigenvalue weighted by Gasteiger charge is -2.27. The highest BCUT2D eigenvalue weighted by molar-refractivity contribution is 7.47. The number of likely N-dealkylation sites (N-methyl/N-ethyl adjacent to an activating group) is 1. The number of nitrogens with zero attached hydrogens (tertiary/aromatic N) is 1. The number of nitrogens with one attached hydrogen (secondary N) is 1. The van der Waals surface area contributed by atoms with Gasteiger partial charge in [0.05, 0.1) is 33.8 Å². The smallest absolute Gasteiger partial charge is 0.456 e. The first-order chi connectivity index (χ1) is 40.4. The molecule has 0 saturated heterocycles. The van der Waals surface area contributed by atoms with Crippen LogP contribution in [0.4, 0.5) is 0 Å². The number of hydrogen-bond acceptors (Lipinski definition) is 6. The molecule has 0 aliphatic heterocycles. The number of amides is 1. The van der Waals surface area contributed by atoms with Gasteiger partial charge in [0.2, 0.25) is 5.91 Å². The maximum absolute atomic E-state index is 13.6. The predicted octanol–water partition coefficient (Wildman–Crippen LogP) is 22.1. The summed E-state index contributed by atoms with van der Waals surface area (Å²) in [6.07, 6.45) is 83.2. The van der Waals surface area contributed by atoms with Gasteiger partial charge < -0.3 is 19.4 Å². The molecular formula is C73H134N2O7P+. The lowest BCUT2D eigenvalue weighted by molar-refractivity contribution is -0.870. The largest absolute Gasteiger partial charge is 0.472 e. The fourth-order valence-electron chi connectivity index (χ4n) is 9.96. The van der Waals surface area contributed by atoms with Gasteiger partial charge in [0.25, 0.3) is 0 Å². The molecule has 1 amide bonds. The summed E-state index contributed by atoms with van der Waals surface area (Å²) in [4.78, 5) is 37.8. The van der Waals surface area contributed by atoms with Crippen molar-refractivity contribution < 1.29 is 37.3 Å². The molecule has 0 heterocycles. The Morgan fingerprint density at radius 1 is 0.434 bits per heavy atom. The van der Waals surface area contributed by atoms with E-state index < -0.39 is 20.0 Å². The van der Waals surface area contributed by atoms with E-state index in [4.69, 9.17) is 13.8 Å². The van der Waals surface area contributed by atoms with Gasteiger partial charge in [-0.2, -0.15) is 0 Å². The molecule has 0 rings (SSSR count). The molecule has 0 aliphatic carbocycles. The molecule has 0 bridgehead atoms. The fourth-order valence-corrected chi connectivity index (χ4v) is 10.7. The van der Waals surface area contributed by atoms with E-state index in [1.165, 1.54) is 186 Å². The van der Waals surface area contributed by atoms with Crippen molar-refractivity contribution in [1.82, 2.24) is 5.32 Å². The van der Waals surface area contributed by atoms with Gasteiger partial charge in [-0.15, -0.1) is 0 Å². The van der Waals surface area contributed by atoms with Gasteiger partial charge in [0, 0.05) is 12.8 Å². The normalized spacial score (nSPS) is 14.1. The van der Waals surface area contributed by atoms with Crippen LogP contribution in [0, 0.1) is 0 Å². The van der Waals surface area contributed by atoms with Gasteiger partial charge in [-0.05, 0) is 102 Å². The van der Waals surface area contributed by atoms with Crippen LogP contribution in [0.3, 0.4) is 0 Å². The molecule has 0 aliphatic rings. The van der Waals surface area contributed by atoms with Crippen LogP contribution in [-0.2, 0) is 27.9 Å². The van der Waals surface area contributed by atoms with Crippen LogP contribution in [-0.4, -0.2) is 74.3 Å². The zero-order chi connectivity index (χ0) is 60.7. The van der Waals surface area contributed by atoms with Crippen molar-refractivity contribution in [2.24, 2.45) is 0 Å². The summed E-state index contributed by atoms with van der Waals surface area (Å²) in [5.41, 5.74) is 0. The van der Waals surface area contributed by atoms with Gasteiger partial charge >= 0.3 is 13.8 Å². The molecular weight excluding hydrogens is 1050 g/mol. The van der Waals surface area contributed by atoms with Gasteiger partial charge in [0.15, 0.2) is 0 Å². The Morgan fingerprint density at radius 2 is 0.771 bits per heavy atom. The Bertz CT molecular complexity index is 1700. The maximum Gasteiger partial charge on any atom is 0.472 e. The van der Waals surface area contributed by atoms with Gasteiger partial charge in [0.1, 0.15) is 19.3 Å². The number of carbonyl (C=O) groups excluding carboxylic acids is 2. The molecule has 0 saturated carbocycles. The molecule has 0 aromatic heterocycles. The average Bonchev–Trinajstić information content (AvgIpc) is 3.51. The van der Waals surface area contributed by atoms with Crippen LogP contribution in [0.5, 0.6) is 0 Å². The number of quaternary nitrogens is 1. The summed E-state index contributed by atoms with van der Waals surface area (Å²) < 4.78 is 30.7. The topological polar surface area (TPSA) is 111 Å². The number of carbonyl (C=O) groups is 2. The number of unbranched alkanes of at least 4 members (excludes halogenated alkanes) is 35. The molecule has 83 heavy (non-hydrogen) atoms. The van der Waals surface area contributed by atoms with E-state index in [-0.39, 0.29) is 31.5 Å². The standard InChI is InChI=1S/C73H133N2O7P/c1-7-10-13-16-19-22-25-27-29-31-33-34-35-36-37-38-39-40-42-43-45-47-50-53-56-59-62-65-72(76)74-70(69-81-83(78,79)80-68-67-75(4,5)6)71(64-61-58-55-52-49-24-21-18-15-12-9-3)82-73(77)66-63-60-57-54-51-48-46-44-41-32-30-28-26-23-20-17-14-11-8-2/h11,14,20,23,27-30,41,44,48,51,61,64,70-71H,7-10,12-13,15-19,21-22,24-26,31-40,42-43,45-47,49-50,52-60,62-63,65-69H2,1-6H3,(H-,74,76,78,79)/p+1/b14-11-,23-20-,29-27+,30-28-,44-41-,51-48-,64-61-. The SMILES string of the molecule is CC/C=C\C/C=C\C/C=C\C/C=C\C/C=C\CCCCCC(=O)OC(/C=C\CCCCCCCCCCC)C(COP(=O)(O)OCC[N+](C)(C)C)NC(=O)CCCCCCCCCCCCCCCCCCC/C=C/CCCCCCCC. The van der Waals surface area contributed by atoms with Crippen molar-refractivity contribution in [3.63, 3.8) is 0 Å². The second kappa shape index (κ2) is 62.2. The third-order valence-corrected chi connectivity index (χ3v) is 16.3. The Balaban J connectivity index is 5.03. The summed E-state index contributed by atoms with van der Waals surface area (Å²) in [6, 6.07) is -0.865. The van der Waals surface area contributed by atoms with E-state index in [9.17, 15) is 19.0 Å². The Kier molecular flexibility index (Phi) is 60.1. The minimum atomic E-state index is -4.46. The highest BCUT2D eigenvalue weighted by Gasteiger charge is 2.30. The van der Waals surface area contributed by atoms with Gasteiger partial charge in [-0.3, -0.25) is 18.6 Å². The fraction of sp³-hybridized carbons (Fsp3) is 0.781. The Labute approximate surface area is 514 Å². The summed E-state index contributed by atoms with van der Waals surface area (Å²) in [6.45, 7) is 6.89. The first-order valence-electron chi connectivity index (χ1n) is 34.9. The van der Waals surface area contributed by atoms with Crippen molar-refractivity contribution in [1.29, 1.82) is 0 Å². The lowest BCUT2D eigenvalue weighted by Crippen LogP contribution is -2.47. The highest BCUT2D eigenvalue weighted by atomic mass is 31.2. The lowest BCUT2D eigenvalue weighted by atomic mass is 10.0. The number of hydrogen-bond donors (Lipinski definition) is 2. The van der Waals surface area contributed by atoms with Gasteiger partial charge in [-0.25, -0.2) is 4.57 Å². The Hall–Kier alpha value is -2.81. The number of ether oxygens (including phenoxy) is 1. The monoisotopic (exact) mass is 1180 g/mol. The number of phosphoric ester groups is 1. The first kappa shape index (κ1) is 80.2. The van der Waals surface area contributed by atoms with Crippen molar-refractivity contribution in [2.75, 3.05) is 40.9 Å². The molecule has 482 valence electrons. The number of allylic oxidation sites excluding steroid dienone is 13. The summed E-state index contributed by atoms with van der Waals surface area (Å²) in [5.74, 6) is -0.537. The quantitative estimate of drug-likeness (QED) is 0.0205. The van der Waals surface area contributed by atoms with E-state index in [0.29, 0.717) is 23.9 Å². The minimum Gasteiger partial charge on any atom is -0.456 e. The molecule has 9 nitrogen and oxygen atoms in total. The summed E-state index contributed by atoms with van der Waals surface area (Å²) in [5, 5.41) is 3.06. The minimum absolute atomic E-state index is 0.0326. The van der Waals surface area contributed by atoms with Crippen LogP contribution >= 0.6 is 7.82 Å². The summed E-state index contributed by atoms with van der Waals surface area (Å²) >= 11 is 0. The molecule has 0 spiro atoms. The number of rotatable bonds is 63. The zero-order valence-electron chi connectivity index (χ0n) is 55.2. The molecule has 0 aromatic rings. The maximum atomic E-state index is 13.6. The van der Waals surface area contributed by atoms with E-state index in [1.54, 1.807) is 0 Å². The van der Waals surface area contributed by atoms with Crippen LogP contribution in [0.25, 0.3) is 0 Å². The highest BCUT2D eigenvalue weighted by Crippen LogP contribution is 2.43. The third-order valence-electron chi connectivity index (χ3n) is 15.3. The number of esters is 1. The van der Waals surface area contributed by atoms with E-state index >= 15 is 0 Å². The van der Waals surface area contributed by atoms with Crippen molar-refractivity contribution in [3.8, 4) is 0 Å². The second-order valence-corrected chi connectivity index (χ2v) is 26.1. The molecule has 2 N–H and O–H groups in total. The van der Waals surface area contributed by atoms with E-state index in [2.05, 4.69) is 99.0 Å². The second-order valence-electron chi connectivity index (χ2n) is 24.7. The molecule has 3 unspecified atom stereocenters. The molecule has 10 heteroatoms. The van der Waals surface area contributed by atoms with E-state index in [1.807, 2.05) is 33.3 Å². The van der Waals surface area contributed by atoms with E-state index in [0.717, 1.165) is 89.9 Å². The average molecular weight is 1180 g/mol. The van der Waals surface area contributed by atoms with Crippen LogP contribution < -0.4 is 5.32 Å². The molecule has 0 radical (unpaired) electrons. The number of phosphoric acid groups is 1. The Morgan fingerprint density at radius 3 is 1.18 bits per heavy atom. The third kappa shape index (κ3) is 63.5. The van der Waals surface area contributed by atoms with Crippen molar-refractivity contribution >= 4 is 19.7 Å². The van der Waals surface area contributed by atoms with Crippen molar-refractivity contribution in [2.45, 2.75) is 328 Å². The summed E-state index contributed by atoms with van der Waals surface area (Å²) in [7, 11) is 1.48.